The molecular weight excluding hydrogens is 219 g/mol. The first-order valence-electron chi connectivity index (χ1n) is 4.29. The summed E-state index contributed by atoms with van der Waals surface area (Å²) in [6, 6.07) is 2.98. The van der Waals surface area contributed by atoms with Gasteiger partial charge in [-0.3, -0.25) is 4.79 Å². The molecule has 1 rings (SSSR count). The Balaban J connectivity index is 2.80. The Bertz CT molecular complexity index is 416. The van der Waals surface area contributed by atoms with Crippen LogP contribution in [0.15, 0.2) is 18.2 Å². The van der Waals surface area contributed by atoms with Crippen molar-refractivity contribution in [3.8, 4) is 5.75 Å². The van der Waals surface area contributed by atoms with Gasteiger partial charge in [-0.05, 0) is 12.1 Å². The second kappa shape index (κ2) is 5.11. The minimum atomic E-state index is -1.25. The molecule has 0 atom stereocenters. The number of aromatic carboxylic acids is 1. The summed E-state index contributed by atoms with van der Waals surface area (Å²) in [6.07, 6.45) is 0. The van der Waals surface area contributed by atoms with E-state index in [4.69, 9.17) is 9.84 Å². The lowest BCUT2D eigenvalue weighted by atomic mass is 10.2. The summed E-state index contributed by atoms with van der Waals surface area (Å²) in [5.74, 6) is -2.65. The largest absolute Gasteiger partial charge is 0.478 e. The highest BCUT2D eigenvalue weighted by atomic mass is 19.1. The summed E-state index contributed by atoms with van der Waals surface area (Å²) in [6.45, 7) is 0.714. The Morgan fingerprint density at radius 2 is 2.12 bits per heavy atom. The fraction of sp³-hybridized carbons (Fsp3) is 0.200. The molecule has 0 saturated carbocycles. The number of rotatable bonds is 4. The van der Waals surface area contributed by atoms with Crippen LogP contribution in [0.3, 0.4) is 0 Å². The van der Waals surface area contributed by atoms with Crippen molar-refractivity contribution >= 4 is 11.9 Å². The molecule has 0 bridgehead atoms. The van der Waals surface area contributed by atoms with E-state index in [1.165, 1.54) is 6.92 Å². The molecule has 0 radical (unpaired) electrons. The molecule has 0 saturated heterocycles. The fourth-order valence-electron chi connectivity index (χ4n) is 0.968. The van der Waals surface area contributed by atoms with Crippen LogP contribution in [0.2, 0.25) is 0 Å². The number of hydrogen-bond acceptors (Lipinski definition) is 4. The molecule has 0 aliphatic rings. The zero-order chi connectivity index (χ0) is 12.1. The maximum absolute atomic E-state index is 12.8. The quantitative estimate of drug-likeness (QED) is 0.623. The van der Waals surface area contributed by atoms with Crippen molar-refractivity contribution in [3.05, 3.63) is 29.6 Å². The number of carbonyl (C=O) groups excluding carboxylic acids is 1. The van der Waals surface area contributed by atoms with Gasteiger partial charge in [-0.15, -0.1) is 0 Å². The normalized spacial score (nSPS) is 9.62. The first-order valence-corrected chi connectivity index (χ1v) is 4.29. The van der Waals surface area contributed by atoms with E-state index in [1.54, 1.807) is 0 Å². The van der Waals surface area contributed by atoms with Crippen molar-refractivity contribution < 1.29 is 28.6 Å². The average Bonchev–Trinajstić information content (AvgIpc) is 2.16. The fourth-order valence-corrected chi connectivity index (χ4v) is 0.968. The monoisotopic (exact) mass is 228 g/mol. The predicted molar refractivity (Wildman–Crippen MR) is 50.6 cm³/mol. The smallest absolute Gasteiger partial charge is 0.339 e. The van der Waals surface area contributed by atoms with Gasteiger partial charge in [0.2, 0.25) is 6.79 Å². The van der Waals surface area contributed by atoms with Gasteiger partial charge >= 0.3 is 11.9 Å². The van der Waals surface area contributed by atoms with Crippen LogP contribution >= 0.6 is 0 Å². The van der Waals surface area contributed by atoms with Crippen LogP contribution in [-0.2, 0) is 9.53 Å². The van der Waals surface area contributed by atoms with Crippen LogP contribution < -0.4 is 4.74 Å². The van der Waals surface area contributed by atoms with Crippen LogP contribution in [0.4, 0.5) is 4.39 Å². The van der Waals surface area contributed by atoms with E-state index in [1.807, 2.05) is 0 Å². The third-order valence-corrected chi connectivity index (χ3v) is 1.65. The molecule has 0 aromatic heterocycles. The summed E-state index contributed by atoms with van der Waals surface area (Å²) < 4.78 is 22.1. The van der Waals surface area contributed by atoms with Crippen LogP contribution in [0.1, 0.15) is 17.3 Å². The van der Waals surface area contributed by atoms with E-state index in [0.29, 0.717) is 0 Å². The first kappa shape index (κ1) is 12.0. The van der Waals surface area contributed by atoms with Crippen LogP contribution in [0, 0.1) is 5.82 Å². The molecule has 0 heterocycles. The van der Waals surface area contributed by atoms with Crippen molar-refractivity contribution in [1.82, 2.24) is 0 Å². The molecule has 6 heteroatoms. The van der Waals surface area contributed by atoms with E-state index in [-0.39, 0.29) is 11.3 Å². The molecule has 0 aliphatic heterocycles. The molecule has 1 aromatic rings. The number of carbonyl (C=O) groups is 2. The molecule has 0 unspecified atom stereocenters. The number of carboxylic acid groups (broad SMARTS) is 1. The summed E-state index contributed by atoms with van der Waals surface area (Å²) >= 11 is 0. The van der Waals surface area contributed by atoms with Crippen molar-refractivity contribution in [1.29, 1.82) is 0 Å². The van der Waals surface area contributed by atoms with Gasteiger partial charge in [0.15, 0.2) is 0 Å². The van der Waals surface area contributed by atoms with Gasteiger partial charge in [0.25, 0.3) is 0 Å². The second-order valence-corrected chi connectivity index (χ2v) is 2.84. The Labute approximate surface area is 90.4 Å². The molecule has 86 valence electrons. The third kappa shape index (κ3) is 3.23. The van der Waals surface area contributed by atoms with E-state index in [9.17, 15) is 14.0 Å². The van der Waals surface area contributed by atoms with E-state index < -0.39 is 24.5 Å². The number of benzene rings is 1. The Morgan fingerprint density at radius 3 is 2.69 bits per heavy atom. The van der Waals surface area contributed by atoms with E-state index >= 15 is 0 Å². The third-order valence-electron chi connectivity index (χ3n) is 1.65. The van der Waals surface area contributed by atoms with Crippen molar-refractivity contribution in [2.45, 2.75) is 6.92 Å². The van der Waals surface area contributed by atoms with Gasteiger partial charge in [-0.25, -0.2) is 9.18 Å². The zero-order valence-electron chi connectivity index (χ0n) is 8.40. The van der Waals surface area contributed by atoms with Gasteiger partial charge < -0.3 is 14.6 Å². The second-order valence-electron chi connectivity index (χ2n) is 2.84. The lowest BCUT2D eigenvalue weighted by Crippen LogP contribution is -2.09. The van der Waals surface area contributed by atoms with E-state index in [2.05, 4.69) is 4.74 Å². The van der Waals surface area contributed by atoms with Crippen molar-refractivity contribution in [2.75, 3.05) is 6.79 Å². The summed E-state index contributed by atoms with van der Waals surface area (Å²) in [5.41, 5.74) is -0.200. The standard InChI is InChI=1S/C10H9FO5/c1-6(12)15-5-16-9-4-7(11)2-3-8(9)10(13)14/h2-4H,5H2,1H3,(H,13,14). The first-order chi connectivity index (χ1) is 7.50. The molecule has 0 spiro atoms. The Morgan fingerprint density at radius 1 is 1.44 bits per heavy atom. The lowest BCUT2D eigenvalue weighted by molar-refractivity contribution is -0.147. The number of halogens is 1. The van der Waals surface area contributed by atoms with Gasteiger partial charge in [0.1, 0.15) is 17.1 Å². The summed E-state index contributed by atoms with van der Waals surface area (Å²) in [4.78, 5) is 21.1. The number of esters is 1. The Kier molecular flexibility index (Phi) is 3.82. The number of hydrogen-bond donors (Lipinski definition) is 1. The average molecular weight is 228 g/mol. The number of ether oxygens (including phenoxy) is 2. The van der Waals surface area contributed by atoms with Crippen LogP contribution in [-0.4, -0.2) is 23.8 Å². The molecule has 0 aliphatic carbocycles. The van der Waals surface area contributed by atoms with Crippen LogP contribution in [0.5, 0.6) is 5.75 Å². The molecule has 1 N–H and O–H groups in total. The minimum absolute atomic E-state index is 0.186. The van der Waals surface area contributed by atoms with E-state index in [0.717, 1.165) is 18.2 Å². The molecule has 0 fully saturated rings. The van der Waals surface area contributed by atoms with Crippen molar-refractivity contribution in [3.63, 3.8) is 0 Å². The lowest BCUT2D eigenvalue weighted by Gasteiger charge is -2.08. The van der Waals surface area contributed by atoms with Gasteiger partial charge in [0.05, 0.1) is 0 Å². The maximum atomic E-state index is 12.8. The highest BCUT2D eigenvalue weighted by Crippen LogP contribution is 2.19. The summed E-state index contributed by atoms with van der Waals surface area (Å²) in [7, 11) is 0. The highest BCUT2D eigenvalue weighted by molar-refractivity contribution is 5.90. The highest BCUT2D eigenvalue weighted by Gasteiger charge is 2.12. The maximum Gasteiger partial charge on any atom is 0.339 e. The van der Waals surface area contributed by atoms with Gasteiger partial charge in [-0.1, -0.05) is 0 Å². The van der Waals surface area contributed by atoms with Crippen LogP contribution in [0.25, 0.3) is 0 Å². The van der Waals surface area contributed by atoms with Gasteiger partial charge in [-0.2, -0.15) is 0 Å². The minimum Gasteiger partial charge on any atom is -0.478 e. The molecule has 16 heavy (non-hydrogen) atoms. The zero-order valence-corrected chi connectivity index (χ0v) is 8.40. The predicted octanol–water partition coefficient (Wildman–Crippen LogP) is 1.42. The van der Waals surface area contributed by atoms with Gasteiger partial charge in [0, 0.05) is 13.0 Å². The molecule has 0 amide bonds. The molecule has 5 nitrogen and oxygen atoms in total. The Hall–Kier alpha value is -2.11. The topological polar surface area (TPSA) is 72.8 Å². The molecular formula is C10H9FO5. The number of carboxylic acids is 1. The molecule has 1 aromatic carbocycles. The SMILES string of the molecule is CC(=O)OCOc1cc(F)ccc1C(=O)O. The van der Waals surface area contributed by atoms with Crippen molar-refractivity contribution in [2.24, 2.45) is 0 Å². The summed E-state index contributed by atoms with van der Waals surface area (Å²) in [5, 5.41) is 8.75.